The van der Waals surface area contributed by atoms with Crippen LogP contribution in [0.25, 0.3) is 22.3 Å². The molecule has 0 unspecified atom stereocenters. The van der Waals surface area contributed by atoms with E-state index in [-0.39, 0.29) is 0 Å². The number of benzene rings is 2. The van der Waals surface area contributed by atoms with Crippen molar-refractivity contribution in [2.24, 2.45) is 0 Å². The molecule has 0 amide bonds. The number of hydrogen-bond donors (Lipinski definition) is 0. The molecular weight excluding hydrogens is 228 g/mol. The summed E-state index contributed by atoms with van der Waals surface area (Å²) < 4.78 is 6.00. The van der Waals surface area contributed by atoms with E-state index in [2.05, 4.69) is 36.4 Å². The summed E-state index contributed by atoms with van der Waals surface area (Å²) in [4.78, 5) is 1.32. The number of furan rings is 1. The van der Waals surface area contributed by atoms with Gasteiger partial charge in [0.25, 0.3) is 0 Å². The monoisotopic (exact) mass is 238 g/mol. The summed E-state index contributed by atoms with van der Waals surface area (Å²) in [5.74, 6) is 2.06. The van der Waals surface area contributed by atoms with E-state index in [1.54, 1.807) is 0 Å². The maximum absolute atomic E-state index is 6.00. The lowest BCUT2D eigenvalue weighted by atomic mass is 10.1. The van der Waals surface area contributed by atoms with Crippen LogP contribution in [0.5, 0.6) is 0 Å². The summed E-state index contributed by atoms with van der Waals surface area (Å²) in [7, 11) is 0. The lowest BCUT2D eigenvalue weighted by Gasteiger charge is -2.13. The molecule has 2 aromatic carbocycles. The summed E-state index contributed by atoms with van der Waals surface area (Å²) in [6, 6.07) is 16.7. The van der Waals surface area contributed by atoms with Crippen LogP contribution in [-0.2, 0) is 5.75 Å². The minimum atomic E-state index is 0.995. The van der Waals surface area contributed by atoms with Crippen LogP contribution in [0.1, 0.15) is 5.56 Å². The largest absolute Gasteiger partial charge is 0.456 e. The molecule has 0 saturated heterocycles. The zero-order valence-corrected chi connectivity index (χ0v) is 9.96. The van der Waals surface area contributed by atoms with Gasteiger partial charge in [-0.1, -0.05) is 36.4 Å². The molecule has 0 spiro atoms. The van der Waals surface area contributed by atoms with Crippen molar-refractivity contribution >= 4 is 22.7 Å². The Morgan fingerprint density at radius 1 is 0.941 bits per heavy atom. The van der Waals surface area contributed by atoms with Crippen molar-refractivity contribution in [1.82, 2.24) is 0 Å². The van der Waals surface area contributed by atoms with Crippen molar-refractivity contribution in [3.8, 4) is 11.3 Å². The Morgan fingerprint density at radius 3 is 2.76 bits per heavy atom. The van der Waals surface area contributed by atoms with Gasteiger partial charge in [0.15, 0.2) is 0 Å². The van der Waals surface area contributed by atoms with E-state index in [0.717, 1.165) is 17.1 Å². The maximum Gasteiger partial charge on any atom is 0.140 e. The first-order chi connectivity index (χ1) is 8.43. The molecule has 0 aliphatic carbocycles. The minimum absolute atomic E-state index is 0.995. The molecule has 0 saturated carbocycles. The lowest BCUT2D eigenvalue weighted by Crippen LogP contribution is -1.92. The molecular formula is C15H10OS. The fraction of sp³-hybridized carbons (Fsp3) is 0.0667. The molecule has 2 heterocycles. The van der Waals surface area contributed by atoms with E-state index in [1.165, 1.54) is 21.4 Å². The van der Waals surface area contributed by atoms with Gasteiger partial charge in [0, 0.05) is 27.2 Å². The molecule has 1 aliphatic rings. The Morgan fingerprint density at radius 2 is 1.76 bits per heavy atom. The fourth-order valence-corrected chi connectivity index (χ4v) is 3.47. The fourth-order valence-electron chi connectivity index (χ4n) is 2.39. The van der Waals surface area contributed by atoms with Gasteiger partial charge in [0.2, 0.25) is 0 Å². The first-order valence-corrected chi connectivity index (χ1v) is 6.64. The van der Waals surface area contributed by atoms with Gasteiger partial charge in [-0.05, 0) is 12.1 Å². The van der Waals surface area contributed by atoms with Crippen molar-refractivity contribution in [1.29, 1.82) is 0 Å². The van der Waals surface area contributed by atoms with Crippen molar-refractivity contribution in [2.75, 3.05) is 0 Å². The van der Waals surface area contributed by atoms with Crippen LogP contribution in [-0.4, -0.2) is 0 Å². The van der Waals surface area contributed by atoms with E-state index in [1.807, 2.05) is 23.9 Å². The zero-order chi connectivity index (χ0) is 11.2. The van der Waals surface area contributed by atoms with Gasteiger partial charge < -0.3 is 4.42 Å². The summed E-state index contributed by atoms with van der Waals surface area (Å²) in [6.45, 7) is 0. The number of thioether (sulfide) groups is 1. The van der Waals surface area contributed by atoms with Crippen LogP contribution >= 0.6 is 11.8 Å². The summed E-state index contributed by atoms with van der Waals surface area (Å²) in [6.07, 6.45) is 0. The van der Waals surface area contributed by atoms with Crippen LogP contribution in [0.15, 0.2) is 57.8 Å². The molecule has 0 atom stereocenters. The summed E-state index contributed by atoms with van der Waals surface area (Å²) in [5, 5.41) is 1.25. The topological polar surface area (TPSA) is 13.1 Å². The Hall–Kier alpha value is -1.67. The number of hydrogen-bond acceptors (Lipinski definition) is 2. The molecule has 0 bridgehead atoms. The predicted molar refractivity (Wildman–Crippen MR) is 71.2 cm³/mol. The number of para-hydroxylation sites is 1. The minimum Gasteiger partial charge on any atom is -0.456 e. The molecule has 1 aliphatic heterocycles. The third kappa shape index (κ3) is 1.28. The SMILES string of the molecule is c1ccc2c(c1)SCc1c-2oc2ccccc12. The summed E-state index contributed by atoms with van der Waals surface area (Å²) in [5.41, 5.74) is 3.56. The second-order valence-corrected chi connectivity index (χ2v) is 5.21. The van der Waals surface area contributed by atoms with Crippen molar-refractivity contribution in [3.63, 3.8) is 0 Å². The van der Waals surface area contributed by atoms with E-state index in [4.69, 9.17) is 4.42 Å². The van der Waals surface area contributed by atoms with E-state index in [0.29, 0.717) is 0 Å². The van der Waals surface area contributed by atoms with Gasteiger partial charge in [0.05, 0.1) is 0 Å². The molecule has 1 aromatic heterocycles. The van der Waals surface area contributed by atoms with Gasteiger partial charge >= 0.3 is 0 Å². The molecule has 82 valence electrons. The average Bonchev–Trinajstić information content (AvgIpc) is 2.78. The van der Waals surface area contributed by atoms with Gasteiger partial charge in [-0.2, -0.15) is 0 Å². The number of fused-ring (bicyclic) bond motifs is 5. The first-order valence-electron chi connectivity index (χ1n) is 5.66. The Labute approximate surface area is 103 Å². The van der Waals surface area contributed by atoms with Crippen molar-refractivity contribution < 1.29 is 4.42 Å². The highest BCUT2D eigenvalue weighted by molar-refractivity contribution is 7.98. The van der Waals surface area contributed by atoms with Crippen LogP contribution in [0.4, 0.5) is 0 Å². The Balaban J connectivity index is 2.10. The van der Waals surface area contributed by atoms with Crippen molar-refractivity contribution in [2.45, 2.75) is 10.6 Å². The molecule has 0 fully saturated rings. The maximum atomic E-state index is 6.00. The second-order valence-electron chi connectivity index (χ2n) is 4.19. The standard InChI is InChI=1S/C15H10OS/c1-3-7-13-10(5-1)12-9-17-14-8-4-2-6-11(14)15(12)16-13/h1-8H,9H2. The molecule has 17 heavy (non-hydrogen) atoms. The van der Waals surface area contributed by atoms with Crippen LogP contribution in [0.3, 0.4) is 0 Å². The molecule has 2 heteroatoms. The molecule has 1 nitrogen and oxygen atoms in total. The third-order valence-corrected chi connectivity index (χ3v) is 4.30. The number of rotatable bonds is 0. The average molecular weight is 238 g/mol. The molecule has 3 aromatic rings. The predicted octanol–water partition coefficient (Wildman–Crippen LogP) is 4.71. The lowest BCUT2D eigenvalue weighted by molar-refractivity contribution is 0.626. The molecule has 4 rings (SSSR count). The van der Waals surface area contributed by atoms with Gasteiger partial charge in [0.1, 0.15) is 11.3 Å². The Bertz CT molecular complexity index is 712. The smallest absolute Gasteiger partial charge is 0.140 e. The van der Waals surface area contributed by atoms with Crippen LogP contribution in [0, 0.1) is 0 Å². The van der Waals surface area contributed by atoms with E-state index >= 15 is 0 Å². The van der Waals surface area contributed by atoms with Gasteiger partial charge in [-0.15, -0.1) is 11.8 Å². The van der Waals surface area contributed by atoms with Crippen molar-refractivity contribution in [3.05, 3.63) is 54.1 Å². The second kappa shape index (κ2) is 3.41. The van der Waals surface area contributed by atoms with E-state index in [9.17, 15) is 0 Å². The zero-order valence-electron chi connectivity index (χ0n) is 9.14. The first kappa shape index (κ1) is 9.37. The molecule has 0 radical (unpaired) electrons. The highest BCUT2D eigenvalue weighted by atomic mass is 32.2. The Kier molecular flexibility index (Phi) is 1.88. The third-order valence-electron chi connectivity index (χ3n) is 3.20. The van der Waals surface area contributed by atoms with E-state index < -0.39 is 0 Å². The quantitative estimate of drug-likeness (QED) is 0.563. The highest BCUT2D eigenvalue weighted by Gasteiger charge is 2.22. The van der Waals surface area contributed by atoms with Crippen LogP contribution < -0.4 is 0 Å². The molecule has 0 N–H and O–H groups in total. The highest BCUT2D eigenvalue weighted by Crippen LogP contribution is 2.45. The van der Waals surface area contributed by atoms with Crippen LogP contribution in [0.2, 0.25) is 0 Å². The normalized spacial score (nSPS) is 13.4. The summed E-state index contributed by atoms with van der Waals surface area (Å²) >= 11 is 1.89. The van der Waals surface area contributed by atoms with Gasteiger partial charge in [-0.25, -0.2) is 0 Å². The van der Waals surface area contributed by atoms with Gasteiger partial charge in [-0.3, -0.25) is 0 Å².